The van der Waals surface area contributed by atoms with E-state index >= 15 is 0 Å². The number of benzene rings is 2. The Kier molecular flexibility index (Phi) is 5.10. The van der Waals surface area contributed by atoms with Gasteiger partial charge in [0, 0.05) is 6.54 Å². The fourth-order valence-corrected chi connectivity index (χ4v) is 3.96. The number of fused-ring (bicyclic) bond motifs is 3. The number of rotatable bonds is 6. The van der Waals surface area contributed by atoms with Crippen molar-refractivity contribution in [1.82, 2.24) is 29.4 Å². The molecule has 0 atom stereocenters. The van der Waals surface area contributed by atoms with Crippen LogP contribution in [0.15, 0.2) is 65.7 Å². The van der Waals surface area contributed by atoms with Crippen LogP contribution in [0.25, 0.3) is 27.9 Å². The van der Waals surface area contributed by atoms with E-state index in [1.165, 1.54) is 0 Å². The van der Waals surface area contributed by atoms with Gasteiger partial charge in [-0.1, -0.05) is 55.5 Å². The first kappa shape index (κ1) is 19.9. The molecule has 2 aromatic carbocycles. The van der Waals surface area contributed by atoms with Crippen molar-refractivity contribution < 1.29 is 4.74 Å². The van der Waals surface area contributed by atoms with Crippen LogP contribution in [-0.4, -0.2) is 36.5 Å². The molecule has 0 amide bonds. The summed E-state index contributed by atoms with van der Waals surface area (Å²) in [6.45, 7) is 2.50. The van der Waals surface area contributed by atoms with Gasteiger partial charge in [-0.05, 0) is 30.0 Å². The Balaban J connectivity index is 1.58. The molecule has 0 N–H and O–H groups in total. The molecule has 0 aliphatic heterocycles. The van der Waals surface area contributed by atoms with Crippen molar-refractivity contribution in [3.63, 3.8) is 0 Å². The first-order valence-electron chi connectivity index (χ1n) is 10.5. The van der Waals surface area contributed by atoms with Gasteiger partial charge in [-0.3, -0.25) is 9.36 Å². The summed E-state index contributed by atoms with van der Waals surface area (Å²) in [6.07, 6.45) is 2.91. The van der Waals surface area contributed by atoms with E-state index < -0.39 is 0 Å². The average Bonchev–Trinajstić information content (AvgIpc) is 3.23. The zero-order valence-electron chi connectivity index (χ0n) is 17.9. The maximum absolute atomic E-state index is 13.1. The summed E-state index contributed by atoms with van der Waals surface area (Å²) in [5.74, 6) is 0.799. The van der Waals surface area contributed by atoms with Gasteiger partial charge in [0.25, 0.3) is 5.56 Å². The molecule has 3 heterocycles. The fraction of sp³-hybridized carbons (Fsp3) is 0.208. The highest BCUT2D eigenvalue weighted by Gasteiger charge is 2.19. The molecule has 32 heavy (non-hydrogen) atoms. The summed E-state index contributed by atoms with van der Waals surface area (Å²) in [6, 6.07) is 17.7. The van der Waals surface area contributed by atoms with Gasteiger partial charge >= 0.3 is 0 Å². The van der Waals surface area contributed by atoms with Gasteiger partial charge in [-0.2, -0.15) is 9.61 Å². The largest absolute Gasteiger partial charge is 0.496 e. The zero-order valence-corrected chi connectivity index (χ0v) is 17.9. The van der Waals surface area contributed by atoms with Gasteiger partial charge < -0.3 is 4.74 Å². The molecule has 8 heteroatoms. The lowest BCUT2D eigenvalue weighted by atomic mass is 10.0. The van der Waals surface area contributed by atoms with E-state index in [1.54, 1.807) is 22.5 Å². The standard InChI is InChI=1S/C24H22N6O2/c1-3-18-20(17-10-5-4-6-11-17)22-27-26-21-23(30(22)28-18)25-15-29(24(21)31)14-13-16-9-7-8-12-19(16)32-2/h4-12,15H,3,13-14H2,1-2H3. The first-order chi connectivity index (χ1) is 15.7. The van der Waals surface area contributed by atoms with E-state index in [9.17, 15) is 4.79 Å². The molecule has 0 spiro atoms. The number of ether oxygens (including phenoxy) is 1. The Hall–Kier alpha value is -4.07. The van der Waals surface area contributed by atoms with Crippen LogP contribution in [0.4, 0.5) is 0 Å². The molecule has 0 radical (unpaired) electrons. The van der Waals surface area contributed by atoms with Crippen LogP contribution >= 0.6 is 0 Å². The molecule has 0 aliphatic carbocycles. The fourth-order valence-electron chi connectivity index (χ4n) is 3.96. The summed E-state index contributed by atoms with van der Waals surface area (Å²) in [7, 11) is 1.64. The summed E-state index contributed by atoms with van der Waals surface area (Å²) >= 11 is 0. The molecule has 160 valence electrons. The number of hydrogen-bond acceptors (Lipinski definition) is 6. The lowest BCUT2D eigenvalue weighted by molar-refractivity contribution is 0.408. The van der Waals surface area contributed by atoms with Crippen LogP contribution in [0.5, 0.6) is 5.75 Å². The van der Waals surface area contributed by atoms with E-state index in [2.05, 4.69) is 15.2 Å². The quantitative estimate of drug-likeness (QED) is 0.414. The van der Waals surface area contributed by atoms with E-state index in [1.807, 2.05) is 61.5 Å². The Morgan fingerprint density at radius 2 is 1.75 bits per heavy atom. The van der Waals surface area contributed by atoms with Gasteiger partial charge in [0.2, 0.25) is 0 Å². The molecule has 0 saturated heterocycles. The van der Waals surface area contributed by atoms with Crippen molar-refractivity contribution in [2.24, 2.45) is 0 Å². The van der Waals surface area contributed by atoms with Crippen LogP contribution in [0.3, 0.4) is 0 Å². The Labute approximate surface area is 184 Å². The molecule has 0 fully saturated rings. The highest BCUT2D eigenvalue weighted by atomic mass is 16.5. The number of aryl methyl sites for hydroxylation is 3. The van der Waals surface area contributed by atoms with E-state index in [0.717, 1.165) is 34.6 Å². The Morgan fingerprint density at radius 3 is 2.53 bits per heavy atom. The summed E-state index contributed by atoms with van der Waals surface area (Å²) in [5, 5.41) is 13.3. The molecule has 3 aromatic heterocycles. The minimum Gasteiger partial charge on any atom is -0.496 e. The minimum absolute atomic E-state index is 0.199. The van der Waals surface area contributed by atoms with E-state index in [4.69, 9.17) is 9.84 Å². The monoisotopic (exact) mass is 426 g/mol. The van der Waals surface area contributed by atoms with Crippen LogP contribution in [0.2, 0.25) is 0 Å². The smallest absolute Gasteiger partial charge is 0.283 e. The third-order valence-corrected chi connectivity index (χ3v) is 5.59. The third-order valence-electron chi connectivity index (χ3n) is 5.59. The van der Waals surface area contributed by atoms with E-state index in [0.29, 0.717) is 24.3 Å². The molecule has 0 unspecified atom stereocenters. The number of nitrogens with zero attached hydrogens (tertiary/aromatic N) is 6. The molecule has 0 aliphatic rings. The lowest BCUT2D eigenvalue weighted by Gasteiger charge is -2.10. The molecular weight excluding hydrogens is 404 g/mol. The van der Waals surface area contributed by atoms with Gasteiger partial charge in [-0.25, -0.2) is 4.98 Å². The van der Waals surface area contributed by atoms with Crippen LogP contribution in [0, 0.1) is 0 Å². The number of aromatic nitrogens is 6. The second-order valence-corrected chi connectivity index (χ2v) is 7.45. The van der Waals surface area contributed by atoms with Crippen molar-refractivity contribution in [1.29, 1.82) is 0 Å². The van der Waals surface area contributed by atoms with Gasteiger partial charge in [0.15, 0.2) is 16.8 Å². The van der Waals surface area contributed by atoms with Crippen molar-refractivity contribution >= 4 is 16.8 Å². The van der Waals surface area contributed by atoms with Crippen LogP contribution in [0.1, 0.15) is 18.2 Å². The SMILES string of the molecule is CCc1nn2c(nnc3c(=O)n(CCc4ccccc4OC)cnc32)c1-c1ccccc1. The Bertz CT molecular complexity index is 1470. The molecular formula is C24H22N6O2. The van der Waals surface area contributed by atoms with Crippen LogP contribution in [-0.2, 0) is 19.4 Å². The maximum Gasteiger partial charge on any atom is 0.283 e. The normalized spacial score (nSPS) is 11.3. The maximum atomic E-state index is 13.1. The summed E-state index contributed by atoms with van der Waals surface area (Å²) in [4.78, 5) is 17.7. The third kappa shape index (κ3) is 3.30. The van der Waals surface area contributed by atoms with Gasteiger partial charge in [0.1, 0.15) is 12.1 Å². The van der Waals surface area contributed by atoms with Crippen molar-refractivity contribution in [3.8, 4) is 16.9 Å². The second kappa shape index (κ2) is 8.22. The molecule has 0 saturated carbocycles. The summed E-state index contributed by atoms with van der Waals surface area (Å²) < 4.78 is 8.59. The average molecular weight is 426 g/mol. The molecule has 8 nitrogen and oxygen atoms in total. The first-order valence-corrected chi connectivity index (χ1v) is 10.5. The predicted molar refractivity (Wildman–Crippen MR) is 122 cm³/mol. The highest BCUT2D eigenvalue weighted by Crippen LogP contribution is 2.28. The van der Waals surface area contributed by atoms with Crippen LogP contribution < -0.4 is 10.3 Å². The topological polar surface area (TPSA) is 87.2 Å². The van der Waals surface area contributed by atoms with Crippen molar-refractivity contribution in [3.05, 3.63) is 82.5 Å². The minimum atomic E-state index is -0.242. The molecule has 5 rings (SSSR count). The zero-order chi connectivity index (χ0) is 22.1. The molecule has 0 bridgehead atoms. The lowest BCUT2D eigenvalue weighted by Crippen LogP contribution is -2.24. The molecule has 5 aromatic rings. The van der Waals surface area contributed by atoms with Gasteiger partial charge in [0.05, 0.1) is 18.4 Å². The van der Waals surface area contributed by atoms with E-state index in [-0.39, 0.29) is 11.1 Å². The van der Waals surface area contributed by atoms with Crippen molar-refractivity contribution in [2.45, 2.75) is 26.3 Å². The van der Waals surface area contributed by atoms with Crippen molar-refractivity contribution in [2.75, 3.05) is 7.11 Å². The Morgan fingerprint density at radius 1 is 0.969 bits per heavy atom. The number of para-hydroxylation sites is 1. The highest BCUT2D eigenvalue weighted by molar-refractivity contribution is 5.83. The summed E-state index contributed by atoms with van der Waals surface area (Å²) in [5.41, 5.74) is 4.81. The second-order valence-electron chi connectivity index (χ2n) is 7.45. The predicted octanol–water partition coefficient (Wildman–Crippen LogP) is 3.31. The van der Waals surface area contributed by atoms with Gasteiger partial charge in [-0.15, -0.1) is 10.2 Å². The number of methoxy groups -OCH3 is 1. The number of hydrogen-bond donors (Lipinski definition) is 0.